The number of aromatic nitrogens is 3. The van der Waals surface area contributed by atoms with Crippen molar-refractivity contribution >= 4 is 34.1 Å². The Morgan fingerprint density at radius 2 is 2.06 bits per heavy atom. The van der Waals surface area contributed by atoms with Crippen molar-refractivity contribution in [2.45, 2.75) is 0 Å². The molecule has 0 aliphatic rings. The standard InChI is InChI=1S/C12H8BrN3O2/c13-9-3-8(5-14-6-9)1-2-10-4-11(12(17)18)16-7-15-10/h1-7H,(H,17,18). The summed E-state index contributed by atoms with van der Waals surface area (Å²) in [6, 6.07) is 3.30. The van der Waals surface area contributed by atoms with Crippen LogP contribution in [0.3, 0.4) is 0 Å². The predicted octanol–water partition coefficient (Wildman–Crippen LogP) is 2.50. The maximum Gasteiger partial charge on any atom is 0.354 e. The Morgan fingerprint density at radius 3 is 2.78 bits per heavy atom. The molecule has 0 amide bonds. The molecule has 2 aromatic rings. The number of carboxylic acids is 1. The largest absolute Gasteiger partial charge is 0.477 e. The Bertz CT molecular complexity index is 614. The lowest BCUT2D eigenvalue weighted by Crippen LogP contribution is -2.00. The van der Waals surface area contributed by atoms with Crippen LogP contribution >= 0.6 is 15.9 Å². The number of rotatable bonds is 3. The van der Waals surface area contributed by atoms with E-state index in [4.69, 9.17) is 5.11 Å². The van der Waals surface area contributed by atoms with Crippen LogP contribution in [-0.4, -0.2) is 26.0 Å². The van der Waals surface area contributed by atoms with Gasteiger partial charge in [-0.2, -0.15) is 0 Å². The molecule has 90 valence electrons. The Kier molecular flexibility index (Phi) is 3.78. The molecule has 2 aromatic heterocycles. The molecule has 2 heterocycles. The summed E-state index contributed by atoms with van der Waals surface area (Å²) < 4.78 is 0.874. The summed E-state index contributed by atoms with van der Waals surface area (Å²) in [6.07, 6.45) is 8.11. The number of hydrogen-bond acceptors (Lipinski definition) is 4. The molecule has 0 atom stereocenters. The average Bonchev–Trinajstić information content (AvgIpc) is 2.37. The average molecular weight is 306 g/mol. The van der Waals surface area contributed by atoms with Gasteiger partial charge in [-0.3, -0.25) is 4.98 Å². The van der Waals surface area contributed by atoms with Crippen LogP contribution in [0.1, 0.15) is 21.7 Å². The zero-order valence-electron chi connectivity index (χ0n) is 9.12. The summed E-state index contributed by atoms with van der Waals surface area (Å²) in [5.41, 5.74) is 1.39. The van der Waals surface area contributed by atoms with Crippen LogP contribution in [0.4, 0.5) is 0 Å². The van der Waals surface area contributed by atoms with Crippen molar-refractivity contribution < 1.29 is 9.90 Å². The molecule has 0 saturated carbocycles. The second-order valence-corrected chi connectivity index (χ2v) is 4.32. The van der Waals surface area contributed by atoms with Gasteiger partial charge in [-0.15, -0.1) is 0 Å². The van der Waals surface area contributed by atoms with Gasteiger partial charge in [0.2, 0.25) is 0 Å². The molecule has 0 aliphatic carbocycles. The minimum Gasteiger partial charge on any atom is -0.477 e. The molecule has 0 spiro atoms. The van der Waals surface area contributed by atoms with Crippen LogP contribution in [0, 0.1) is 0 Å². The highest BCUT2D eigenvalue weighted by Crippen LogP contribution is 2.12. The monoisotopic (exact) mass is 305 g/mol. The van der Waals surface area contributed by atoms with Gasteiger partial charge in [0.25, 0.3) is 0 Å². The van der Waals surface area contributed by atoms with E-state index in [2.05, 4.69) is 30.9 Å². The lowest BCUT2D eigenvalue weighted by Gasteiger charge is -1.96. The molecule has 0 aromatic carbocycles. The quantitative estimate of drug-likeness (QED) is 0.943. The first-order valence-corrected chi connectivity index (χ1v) is 5.78. The van der Waals surface area contributed by atoms with E-state index in [1.54, 1.807) is 24.5 Å². The molecule has 6 heteroatoms. The summed E-state index contributed by atoms with van der Waals surface area (Å²) in [6.45, 7) is 0. The summed E-state index contributed by atoms with van der Waals surface area (Å²) in [7, 11) is 0. The third-order valence-electron chi connectivity index (χ3n) is 2.08. The lowest BCUT2D eigenvalue weighted by atomic mass is 10.2. The van der Waals surface area contributed by atoms with Crippen LogP contribution < -0.4 is 0 Å². The van der Waals surface area contributed by atoms with Crippen molar-refractivity contribution in [1.82, 2.24) is 15.0 Å². The molecule has 2 rings (SSSR count). The fourth-order valence-electron chi connectivity index (χ4n) is 1.28. The van der Waals surface area contributed by atoms with E-state index in [-0.39, 0.29) is 5.69 Å². The molecule has 0 saturated heterocycles. The van der Waals surface area contributed by atoms with Crippen molar-refractivity contribution in [3.63, 3.8) is 0 Å². The van der Waals surface area contributed by atoms with Gasteiger partial charge in [0.1, 0.15) is 6.33 Å². The van der Waals surface area contributed by atoms with Crippen LogP contribution in [-0.2, 0) is 0 Å². The Balaban J connectivity index is 2.23. The molecule has 0 bridgehead atoms. The second kappa shape index (κ2) is 5.50. The van der Waals surface area contributed by atoms with Crippen molar-refractivity contribution in [3.8, 4) is 0 Å². The minimum atomic E-state index is -1.07. The third kappa shape index (κ3) is 3.21. The molecular formula is C12H8BrN3O2. The predicted molar refractivity (Wildman–Crippen MR) is 69.9 cm³/mol. The molecule has 5 nitrogen and oxygen atoms in total. The lowest BCUT2D eigenvalue weighted by molar-refractivity contribution is 0.0690. The van der Waals surface area contributed by atoms with E-state index in [0.717, 1.165) is 10.0 Å². The third-order valence-corrected chi connectivity index (χ3v) is 2.51. The van der Waals surface area contributed by atoms with E-state index in [1.807, 2.05) is 6.07 Å². The normalized spacial score (nSPS) is 10.7. The van der Waals surface area contributed by atoms with Gasteiger partial charge in [0.05, 0.1) is 5.69 Å². The molecule has 0 aliphatic heterocycles. The van der Waals surface area contributed by atoms with Crippen LogP contribution in [0.25, 0.3) is 12.2 Å². The number of halogens is 1. The summed E-state index contributed by atoms with van der Waals surface area (Å²) in [5.74, 6) is -1.07. The zero-order chi connectivity index (χ0) is 13.0. The SMILES string of the molecule is O=C(O)c1cc(C=Cc2cncc(Br)c2)ncn1. The number of carboxylic acid groups (broad SMARTS) is 1. The maximum absolute atomic E-state index is 10.7. The summed E-state index contributed by atoms with van der Waals surface area (Å²) in [5, 5.41) is 8.80. The number of carbonyl (C=O) groups is 1. The van der Waals surface area contributed by atoms with E-state index >= 15 is 0 Å². The van der Waals surface area contributed by atoms with Crippen molar-refractivity contribution in [2.24, 2.45) is 0 Å². The van der Waals surface area contributed by atoms with Gasteiger partial charge in [-0.1, -0.05) is 6.08 Å². The Morgan fingerprint density at radius 1 is 1.22 bits per heavy atom. The highest BCUT2D eigenvalue weighted by molar-refractivity contribution is 9.10. The summed E-state index contributed by atoms with van der Waals surface area (Å²) >= 11 is 3.32. The van der Waals surface area contributed by atoms with Gasteiger partial charge < -0.3 is 5.11 Å². The number of hydrogen-bond donors (Lipinski definition) is 1. The van der Waals surface area contributed by atoms with Crippen LogP contribution in [0.5, 0.6) is 0 Å². The Hall–Kier alpha value is -2.08. The number of nitrogens with zero attached hydrogens (tertiary/aromatic N) is 3. The molecule has 0 fully saturated rings. The fraction of sp³-hybridized carbons (Fsp3) is 0. The molecule has 18 heavy (non-hydrogen) atoms. The number of pyridine rings is 1. The highest BCUT2D eigenvalue weighted by Gasteiger charge is 2.03. The Labute approximate surface area is 111 Å². The minimum absolute atomic E-state index is 0.0305. The molecule has 1 N–H and O–H groups in total. The first-order valence-electron chi connectivity index (χ1n) is 4.99. The van der Waals surface area contributed by atoms with Gasteiger partial charge in [-0.05, 0) is 39.7 Å². The van der Waals surface area contributed by atoms with Gasteiger partial charge in [0.15, 0.2) is 5.69 Å². The van der Waals surface area contributed by atoms with E-state index in [9.17, 15) is 4.79 Å². The van der Waals surface area contributed by atoms with Crippen molar-refractivity contribution in [2.75, 3.05) is 0 Å². The number of aromatic carboxylic acids is 1. The molecular weight excluding hydrogens is 298 g/mol. The maximum atomic E-state index is 10.7. The first kappa shape index (κ1) is 12.4. The zero-order valence-corrected chi connectivity index (χ0v) is 10.7. The van der Waals surface area contributed by atoms with E-state index < -0.39 is 5.97 Å². The topological polar surface area (TPSA) is 76.0 Å². The van der Waals surface area contributed by atoms with Crippen molar-refractivity contribution in [1.29, 1.82) is 0 Å². The fourth-order valence-corrected chi connectivity index (χ4v) is 1.66. The molecule has 0 radical (unpaired) electrons. The highest BCUT2D eigenvalue weighted by atomic mass is 79.9. The second-order valence-electron chi connectivity index (χ2n) is 3.40. The smallest absolute Gasteiger partial charge is 0.354 e. The van der Waals surface area contributed by atoms with E-state index in [0.29, 0.717) is 5.69 Å². The summed E-state index contributed by atoms with van der Waals surface area (Å²) in [4.78, 5) is 22.4. The van der Waals surface area contributed by atoms with Gasteiger partial charge in [0, 0.05) is 16.9 Å². The van der Waals surface area contributed by atoms with Gasteiger partial charge >= 0.3 is 5.97 Å². The molecule has 0 unspecified atom stereocenters. The van der Waals surface area contributed by atoms with Crippen LogP contribution in [0.2, 0.25) is 0 Å². The van der Waals surface area contributed by atoms with Gasteiger partial charge in [-0.25, -0.2) is 14.8 Å². The van der Waals surface area contributed by atoms with Crippen molar-refractivity contribution in [3.05, 3.63) is 52.3 Å². The van der Waals surface area contributed by atoms with Crippen LogP contribution in [0.15, 0.2) is 35.3 Å². The first-order chi connectivity index (χ1) is 8.65. The van der Waals surface area contributed by atoms with E-state index in [1.165, 1.54) is 12.4 Å².